The highest BCUT2D eigenvalue weighted by Gasteiger charge is 2.40. The second-order valence-corrected chi connectivity index (χ2v) is 10.8. The van der Waals surface area contributed by atoms with Gasteiger partial charge in [0.15, 0.2) is 0 Å². The molecule has 42 heavy (non-hydrogen) atoms. The summed E-state index contributed by atoms with van der Waals surface area (Å²) < 4.78 is 35.6. The Hall–Kier alpha value is -3.99. The van der Waals surface area contributed by atoms with Crippen LogP contribution in [-0.4, -0.2) is 70.0 Å². The van der Waals surface area contributed by atoms with E-state index in [-0.39, 0.29) is 62.1 Å². The number of benzene rings is 2. The van der Waals surface area contributed by atoms with Crippen LogP contribution in [0.1, 0.15) is 36.6 Å². The molecule has 1 saturated heterocycles. The highest BCUT2D eigenvalue weighted by Crippen LogP contribution is 2.32. The number of carbonyl (C=O) groups is 4. The van der Waals surface area contributed by atoms with Gasteiger partial charge in [-0.15, -0.1) is 0 Å². The predicted molar refractivity (Wildman–Crippen MR) is 151 cm³/mol. The molecule has 0 aliphatic carbocycles. The molecular formula is C30H31ClF2N4O5. The molecule has 3 aromatic rings. The largest absolute Gasteiger partial charge is 0.466 e. The van der Waals surface area contributed by atoms with Crippen LogP contribution in [0.2, 0.25) is 5.02 Å². The van der Waals surface area contributed by atoms with Gasteiger partial charge in [-0.1, -0.05) is 41.9 Å². The van der Waals surface area contributed by atoms with Gasteiger partial charge in [-0.05, 0) is 31.0 Å². The van der Waals surface area contributed by atoms with Crippen LogP contribution in [0.5, 0.6) is 0 Å². The van der Waals surface area contributed by atoms with Crippen molar-refractivity contribution in [3.8, 4) is 0 Å². The lowest BCUT2D eigenvalue weighted by Crippen LogP contribution is -2.47. The van der Waals surface area contributed by atoms with E-state index in [9.17, 15) is 28.0 Å². The number of halogens is 3. The number of alkyl halides is 1. The number of nitrogens with one attached hydrogen (secondary N) is 1. The molecule has 5 rings (SSSR count). The minimum atomic E-state index is -1.39. The van der Waals surface area contributed by atoms with Gasteiger partial charge in [-0.25, -0.2) is 8.78 Å². The van der Waals surface area contributed by atoms with Crippen molar-refractivity contribution in [3.63, 3.8) is 0 Å². The molecule has 0 unspecified atom stereocenters. The van der Waals surface area contributed by atoms with Crippen molar-refractivity contribution in [2.24, 2.45) is 0 Å². The van der Waals surface area contributed by atoms with Gasteiger partial charge >= 0.3 is 5.97 Å². The van der Waals surface area contributed by atoms with Crippen LogP contribution in [-0.2, 0) is 50.0 Å². The Bertz CT molecular complexity index is 1540. The van der Waals surface area contributed by atoms with E-state index in [1.807, 2.05) is 24.3 Å². The van der Waals surface area contributed by atoms with Crippen molar-refractivity contribution < 1.29 is 32.7 Å². The summed E-state index contributed by atoms with van der Waals surface area (Å²) in [7, 11) is 0. The van der Waals surface area contributed by atoms with Crippen LogP contribution < -0.4 is 5.32 Å². The first kappa shape index (κ1) is 29.5. The predicted octanol–water partition coefficient (Wildman–Crippen LogP) is 3.53. The number of ether oxygens (including phenoxy) is 1. The summed E-state index contributed by atoms with van der Waals surface area (Å²) in [4.78, 5) is 54.2. The minimum Gasteiger partial charge on any atom is -0.466 e. The van der Waals surface area contributed by atoms with Crippen LogP contribution in [0.25, 0.3) is 10.9 Å². The van der Waals surface area contributed by atoms with Gasteiger partial charge in [0.25, 0.3) is 0 Å². The summed E-state index contributed by atoms with van der Waals surface area (Å²) in [6.07, 6.45) is -1.40. The van der Waals surface area contributed by atoms with Crippen molar-refractivity contribution in [2.75, 3.05) is 19.7 Å². The van der Waals surface area contributed by atoms with E-state index in [0.29, 0.717) is 13.0 Å². The summed E-state index contributed by atoms with van der Waals surface area (Å²) >= 11 is 5.83. The zero-order chi connectivity index (χ0) is 30.0. The highest BCUT2D eigenvalue weighted by molar-refractivity contribution is 6.30. The number of hydrogen-bond acceptors (Lipinski definition) is 5. The topological polar surface area (TPSA) is 101 Å². The maximum atomic E-state index is 14.6. The Kier molecular flexibility index (Phi) is 8.77. The lowest BCUT2D eigenvalue weighted by atomic mass is 10.0. The molecule has 2 aromatic carbocycles. The molecule has 0 saturated carbocycles. The lowest BCUT2D eigenvalue weighted by Gasteiger charge is -2.29. The molecule has 2 atom stereocenters. The Balaban J connectivity index is 1.35. The summed E-state index contributed by atoms with van der Waals surface area (Å²) in [5, 5.41) is 3.48. The molecule has 3 amide bonds. The first-order chi connectivity index (χ1) is 20.2. The van der Waals surface area contributed by atoms with Crippen molar-refractivity contribution in [3.05, 3.63) is 70.1 Å². The second kappa shape index (κ2) is 12.5. The van der Waals surface area contributed by atoms with E-state index in [4.69, 9.17) is 16.3 Å². The van der Waals surface area contributed by atoms with Gasteiger partial charge in [0.05, 0.1) is 24.7 Å². The third-order valence-corrected chi connectivity index (χ3v) is 8.06. The molecular weight excluding hydrogens is 570 g/mol. The fourth-order valence-electron chi connectivity index (χ4n) is 5.76. The average molecular weight is 601 g/mol. The number of aromatic nitrogens is 1. The molecule has 1 fully saturated rings. The van der Waals surface area contributed by atoms with E-state index < -0.39 is 35.8 Å². The number of esters is 1. The summed E-state index contributed by atoms with van der Waals surface area (Å²) in [5.41, 5.74) is 2.71. The van der Waals surface area contributed by atoms with Crippen LogP contribution in [0.4, 0.5) is 8.78 Å². The zero-order valence-electron chi connectivity index (χ0n) is 23.1. The molecule has 2 aliphatic heterocycles. The first-order valence-electron chi connectivity index (χ1n) is 13.8. The van der Waals surface area contributed by atoms with E-state index in [1.165, 1.54) is 17.0 Å². The van der Waals surface area contributed by atoms with E-state index >= 15 is 0 Å². The quantitative estimate of drug-likeness (QED) is 0.315. The standard InChI is InChI=1S/C30H31ClF2N4O5/c1-2-42-28(40)13-26(38)35-11-10-21-20-7-3-4-9-23(20)36(25(21)16-35)17-27(39)37-15-19(32)12-24(37)30(41)34-14-18-6-5-8-22(31)29(18)33/h3-9,19,24H,2,10-17H2,1H3,(H,34,41)/t19-,24+/m1/s1. The molecule has 1 aromatic heterocycles. The highest BCUT2D eigenvalue weighted by atomic mass is 35.5. The van der Waals surface area contributed by atoms with E-state index in [0.717, 1.165) is 22.2 Å². The van der Waals surface area contributed by atoms with Gasteiger partial charge in [0, 0.05) is 41.7 Å². The maximum Gasteiger partial charge on any atom is 0.315 e. The SMILES string of the molecule is CCOC(=O)CC(=O)N1CCc2c(n(CC(=O)N3C[C@H](F)C[C@H]3C(=O)NCc3cccc(Cl)c3F)c3ccccc23)C1. The van der Waals surface area contributed by atoms with E-state index in [2.05, 4.69) is 5.32 Å². The number of fused-ring (bicyclic) bond motifs is 3. The van der Waals surface area contributed by atoms with Gasteiger partial charge in [0.2, 0.25) is 17.7 Å². The zero-order valence-corrected chi connectivity index (χ0v) is 23.8. The number of likely N-dealkylation sites (tertiary alicyclic amines) is 1. The summed E-state index contributed by atoms with van der Waals surface area (Å²) in [6.45, 7) is 1.88. The lowest BCUT2D eigenvalue weighted by molar-refractivity contribution is -0.149. The Morgan fingerprint density at radius 2 is 1.88 bits per heavy atom. The fourth-order valence-corrected chi connectivity index (χ4v) is 5.95. The molecule has 222 valence electrons. The number of rotatable bonds is 8. The number of nitrogens with zero attached hydrogens (tertiary/aromatic N) is 3. The molecule has 3 heterocycles. The van der Waals surface area contributed by atoms with Crippen LogP contribution in [0.3, 0.4) is 0 Å². The molecule has 0 radical (unpaired) electrons. The number of para-hydroxylation sites is 1. The van der Waals surface area contributed by atoms with Crippen molar-refractivity contribution in [1.29, 1.82) is 0 Å². The summed E-state index contributed by atoms with van der Waals surface area (Å²) in [5.74, 6) is -2.65. The Morgan fingerprint density at radius 1 is 1.10 bits per heavy atom. The van der Waals surface area contributed by atoms with Crippen LogP contribution in [0, 0.1) is 5.82 Å². The Morgan fingerprint density at radius 3 is 2.67 bits per heavy atom. The first-order valence-corrected chi connectivity index (χ1v) is 14.2. The number of carbonyl (C=O) groups excluding carboxylic acids is 4. The summed E-state index contributed by atoms with van der Waals surface area (Å²) in [6, 6.07) is 10.9. The van der Waals surface area contributed by atoms with Crippen molar-refractivity contribution >= 4 is 46.2 Å². The maximum absolute atomic E-state index is 14.6. The molecule has 1 N–H and O–H groups in total. The molecule has 2 aliphatic rings. The normalized spacial score (nSPS) is 18.2. The van der Waals surface area contributed by atoms with Crippen LogP contribution >= 0.6 is 11.6 Å². The third kappa shape index (κ3) is 5.97. The smallest absolute Gasteiger partial charge is 0.315 e. The van der Waals surface area contributed by atoms with Crippen molar-refractivity contribution in [1.82, 2.24) is 19.7 Å². The minimum absolute atomic E-state index is 0.0771. The molecule has 0 spiro atoms. The third-order valence-electron chi connectivity index (χ3n) is 7.77. The molecule has 9 nitrogen and oxygen atoms in total. The number of amides is 3. The van der Waals surface area contributed by atoms with Crippen LogP contribution in [0.15, 0.2) is 42.5 Å². The van der Waals surface area contributed by atoms with Gasteiger partial charge in [-0.2, -0.15) is 0 Å². The average Bonchev–Trinajstić information content (AvgIpc) is 3.51. The molecule has 0 bridgehead atoms. The van der Waals surface area contributed by atoms with Gasteiger partial charge in [0.1, 0.15) is 31.0 Å². The van der Waals surface area contributed by atoms with Gasteiger partial charge < -0.3 is 24.4 Å². The van der Waals surface area contributed by atoms with E-state index in [1.54, 1.807) is 22.5 Å². The Labute approximate surface area is 246 Å². The van der Waals surface area contributed by atoms with Gasteiger partial charge in [-0.3, -0.25) is 19.2 Å². The number of hydrogen-bond donors (Lipinski definition) is 1. The second-order valence-electron chi connectivity index (χ2n) is 10.4. The fraction of sp³-hybridized carbons (Fsp3) is 0.400. The monoisotopic (exact) mass is 600 g/mol. The van der Waals surface area contributed by atoms with Crippen molar-refractivity contribution in [2.45, 2.75) is 58.0 Å². The molecule has 12 heteroatoms.